The van der Waals surface area contributed by atoms with Gasteiger partial charge in [0, 0.05) is 12.1 Å². The molecule has 1 amide bonds. The molecule has 0 aliphatic heterocycles. The van der Waals surface area contributed by atoms with E-state index >= 15 is 0 Å². The molecule has 1 heterocycles. The lowest BCUT2D eigenvalue weighted by atomic mass is 10.0. The maximum Gasteiger partial charge on any atom is 0.307 e. The maximum atomic E-state index is 12.3. The number of nitrogens with zero attached hydrogens (tertiary/aromatic N) is 1. The Hall–Kier alpha value is -3.48. The van der Waals surface area contributed by atoms with Crippen molar-refractivity contribution >= 4 is 28.5 Å². The minimum atomic E-state index is -0.939. The number of carbonyl (C=O) groups excluding carboxylic acids is 2. The van der Waals surface area contributed by atoms with Crippen molar-refractivity contribution in [3.8, 4) is 0 Å². The van der Waals surface area contributed by atoms with Gasteiger partial charge in [-0.25, -0.2) is 4.98 Å². The van der Waals surface area contributed by atoms with E-state index in [9.17, 15) is 14.4 Å². The second-order valence-corrected chi connectivity index (χ2v) is 7.43. The second-order valence-electron chi connectivity index (χ2n) is 7.43. The number of anilines is 1. The fourth-order valence-corrected chi connectivity index (χ4v) is 2.98. The molecule has 2 N–H and O–H groups in total. The first-order chi connectivity index (χ1) is 14.3. The Morgan fingerprint density at radius 1 is 1.07 bits per heavy atom. The van der Waals surface area contributed by atoms with E-state index in [1.54, 1.807) is 24.3 Å². The highest BCUT2D eigenvalue weighted by Crippen LogP contribution is 2.17. The number of nitrogens with one attached hydrogen (secondary N) is 2. The van der Waals surface area contributed by atoms with Gasteiger partial charge in [0.2, 0.25) is 0 Å². The fraction of sp³-hybridized carbons (Fsp3) is 0.304. The van der Waals surface area contributed by atoms with Crippen molar-refractivity contribution in [1.82, 2.24) is 9.97 Å². The number of aromatic amines is 1. The third-order valence-corrected chi connectivity index (χ3v) is 4.75. The maximum absolute atomic E-state index is 12.3. The Balaban J connectivity index is 1.52. The summed E-state index contributed by atoms with van der Waals surface area (Å²) in [4.78, 5) is 43.5. The van der Waals surface area contributed by atoms with Gasteiger partial charge >= 0.3 is 5.97 Å². The molecule has 2 aromatic carbocycles. The molecule has 0 aliphatic carbocycles. The molecule has 1 aromatic heterocycles. The smallest absolute Gasteiger partial charge is 0.307 e. The first kappa shape index (κ1) is 21.2. The molecule has 30 heavy (non-hydrogen) atoms. The molecular formula is C23H25N3O4. The van der Waals surface area contributed by atoms with E-state index < -0.39 is 18.0 Å². The normalized spacial score (nSPS) is 12.0. The van der Waals surface area contributed by atoms with E-state index in [-0.39, 0.29) is 18.4 Å². The van der Waals surface area contributed by atoms with Crippen molar-refractivity contribution in [3.05, 3.63) is 70.3 Å². The van der Waals surface area contributed by atoms with Crippen LogP contribution in [0, 0.1) is 0 Å². The largest absolute Gasteiger partial charge is 0.453 e. The summed E-state index contributed by atoms with van der Waals surface area (Å²) in [5.41, 5.74) is 2.14. The molecule has 0 unspecified atom stereocenters. The highest BCUT2D eigenvalue weighted by Gasteiger charge is 2.18. The van der Waals surface area contributed by atoms with Crippen LogP contribution in [0.5, 0.6) is 0 Å². The molecule has 7 nitrogen and oxygen atoms in total. The van der Waals surface area contributed by atoms with Crippen molar-refractivity contribution in [1.29, 1.82) is 0 Å². The number of rotatable bonds is 7. The average molecular weight is 407 g/mol. The molecule has 0 aliphatic rings. The molecule has 7 heteroatoms. The Bertz CT molecular complexity index is 1100. The number of fused-ring (bicyclic) bond motifs is 1. The number of amides is 1. The molecule has 3 rings (SSSR count). The van der Waals surface area contributed by atoms with E-state index in [0.717, 1.165) is 0 Å². The van der Waals surface area contributed by atoms with Crippen LogP contribution in [-0.4, -0.2) is 27.9 Å². The van der Waals surface area contributed by atoms with Gasteiger partial charge in [-0.1, -0.05) is 38.1 Å². The number of benzene rings is 2. The van der Waals surface area contributed by atoms with Crippen molar-refractivity contribution in [3.63, 3.8) is 0 Å². The summed E-state index contributed by atoms with van der Waals surface area (Å²) in [6.45, 7) is 5.71. The predicted molar refractivity (Wildman–Crippen MR) is 115 cm³/mol. The van der Waals surface area contributed by atoms with Gasteiger partial charge in [0.15, 0.2) is 6.10 Å². The molecule has 3 aromatic rings. The third kappa shape index (κ3) is 5.31. The molecule has 0 saturated carbocycles. The van der Waals surface area contributed by atoms with E-state index in [1.807, 2.05) is 24.3 Å². The van der Waals surface area contributed by atoms with Crippen LogP contribution in [0.3, 0.4) is 0 Å². The lowest BCUT2D eigenvalue weighted by Gasteiger charge is -2.14. The van der Waals surface area contributed by atoms with Crippen LogP contribution >= 0.6 is 0 Å². The zero-order chi connectivity index (χ0) is 21.7. The van der Waals surface area contributed by atoms with Crippen molar-refractivity contribution in [2.45, 2.75) is 45.6 Å². The number of para-hydroxylation sites is 1. The second kappa shape index (κ2) is 9.35. The third-order valence-electron chi connectivity index (χ3n) is 4.75. The van der Waals surface area contributed by atoms with E-state index in [4.69, 9.17) is 4.74 Å². The summed E-state index contributed by atoms with van der Waals surface area (Å²) in [7, 11) is 0. The molecule has 0 fully saturated rings. The minimum Gasteiger partial charge on any atom is -0.453 e. The van der Waals surface area contributed by atoms with Crippen LogP contribution < -0.4 is 10.9 Å². The number of aromatic nitrogens is 2. The number of carbonyl (C=O) groups is 2. The molecule has 0 radical (unpaired) electrons. The summed E-state index contributed by atoms with van der Waals surface area (Å²) in [6.07, 6.45) is -0.725. The Morgan fingerprint density at radius 3 is 2.47 bits per heavy atom. The van der Waals surface area contributed by atoms with E-state index in [1.165, 1.54) is 12.5 Å². The van der Waals surface area contributed by atoms with Crippen LogP contribution in [-0.2, 0) is 20.7 Å². The lowest BCUT2D eigenvalue weighted by Crippen LogP contribution is -2.30. The highest BCUT2D eigenvalue weighted by atomic mass is 16.5. The number of hydrogen-bond acceptors (Lipinski definition) is 5. The number of ether oxygens (including phenoxy) is 1. The van der Waals surface area contributed by atoms with Gasteiger partial charge in [-0.15, -0.1) is 0 Å². The van der Waals surface area contributed by atoms with Gasteiger partial charge in [0.05, 0.1) is 17.3 Å². The van der Waals surface area contributed by atoms with Crippen LogP contribution in [0.1, 0.15) is 44.5 Å². The van der Waals surface area contributed by atoms with Crippen LogP contribution in [0.15, 0.2) is 53.3 Å². The van der Waals surface area contributed by atoms with Gasteiger partial charge in [-0.05, 0) is 42.7 Å². The lowest BCUT2D eigenvalue weighted by molar-refractivity contribution is -0.153. The Kier molecular flexibility index (Phi) is 6.61. The molecular weight excluding hydrogens is 382 g/mol. The number of aryl methyl sites for hydroxylation is 1. The van der Waals surface area contributed by atoms with Gasteiger partial charge in [0.1, 0.15) is 5.82 Å². The predicted octanol–water partition coefficient (Wildman–Crippen LogP) is 3.55. The average Bonchev–Trinajstić information content (AvgIpc) is 2.72. The summed E-state index contributed by atoms with van der Waals surface area (Å²) >= 11 is 0. The van der Waals surface area contributed by atoms with E-state index in [0.29, 0.717) is 28.3 Å². The fourth-order valence-electron chi connectivity index (χ4n) is 2.98. The zero-order valence-corrected chi connectivity index (χ0v) is 17.3. The summed E-state index contributed by atoms with van der Waals surface area (Å²) in [5.74, 6) is -0.138. The van der Waals surface area contributed by atoms with Crippen molar-refractivity contribution in [2.75, 3.05) is 5.32 Å². The standard InChI is InChI=1S/C23H25N3O4/c1-14(2)16-8-10-17(11-9-16)24-22(28)15(3)30-21(27)13-12-20-25-19-7-5-4-6-18(19)23(29)26-20/h4-11,14-15H,12-13H2,1-3H3,(H,24,28)(H,25,26,29)/t15-/m0/s1. The SMILES string of the molecule is CC(C)c1ccc(NC(=O)[C@H](C)OC(=O)CCc2nc3ccccc3c(=O)[nH]2)cc1. The van der Waals surface area contributed by atoms with Gasteiger partial charge < -0.3 is 15.0 Å². The number of H-pyrrole nitrogens is 1. The van der Waals surface area contributed by atoms with Crippen LogP contribution in [0.2, 0.25) is 0 Å². The van der Waals surface area contributed by atoms with Crippen molar-refractivity contribution in [2.24, 2.45) is 0 Å². The van der Waals surface area contributed by atoms with Gasteiger partial charge in [-0.3, -0.25) is 14.4 Å². The topological polar surface area (TPSA) is 101 Å². The minimum absolute atomic E-state index is 0.00197. The summed E-state index contributed by atoms with van der Waals surface area (Å²) < 4.78 is 5.22. The summed E-state index contributed by atoms with van der Waals surface area (Å²) in [5, 5.41) is 3.23. The first-order valence-corrected chi connectivity index (χ1v) is 9.91. The number of hydrogen-bond donors (Lipinski definition) is 2. The Labute approximate surface area is 174 Å². The van der Waals surface area contributed by atoms with Gasteiger partial charge in [0.25, 0.3) is 11.5 Å². The molecule has 156 valence electrons. The quantitative estimate of drug-likeness (QED) is 0.583. The molecule has 1 atom stereocenters. The number of esters is 1. The van der Waals surface area contributed by atoms with Gasteiger partial charge in [-0.2, -0.15) is 0 Å². The molecule has 0 bridgehead atoms. The van der Waals surface area contributed by atoms with Crippen LogP contribution in [0.4, 0.5) is 5.69 Å². The van der Waals surface area contributed by atoms with Crippen LogP contribution in [0.25, 0.3) is 10.9 Å². The first-order valence-electron chi connectivity index (χ1n) is 9.91. The zero-order valence-electron chi connectivity index (χ0n) is 17.3. The molecule has 0 saturated heterocycles. The monoisotopic (exact) mass is 407 g/mol. The summed E-state index contributed by atoms with van der Waals surface area (Å²) in [6, 6.07) is 14.5. The highest BCUT2D eigenvalue weighted by molar-refractivity contribution is 5.95. The van der Waals surface area contributed by atoms with E-state index in [2.05, 4.69) is 29.1 Å². The molecule has 0 spiro atoms. The van der Waals surface area contributed by atoms with Crippen molar-refractivity contribution < 1.29 is 14.3 Å². The Morgan fingerprint density at radius 2 is 1.77 bits per heavy atom.